The van der Waals surface area contributed by atoms with Crippen molar-refractivity contribution in [3.05, 3.63) is 11.8 Å². The van der Waals surface area contributed by atoms with Gasteiger partial charge in [0.15, 0.2) is 0 Å². The molecule has 0 unspecified atom stereocenters. The number of hydrogen-bond donors (Lipinski definition) is 0. The Morgan fingerprint density at radius 1 is 0.696 bits per heavy atom. The minimum Gasteiger partial charge on any atom is -0.546 e. The first kappa shape index (κ1) is 20.8. The molecule has 1 nitrogen and oxygen atoms in total. The Morgan fingerprint density at radius 3 is 1.61 bits per heavy atom. The summed E-state index contributed by atoms with van der Waals surface area (Å²) in [6.45, 7) is 14.3. The van der Waals surface area contributed by atoms with Gasteiger partial charge >= 0.3 is 0 Å². The molecule has 136 valence electrons. The zero-order valence-corrected chi connectivity index (χ0v) is 17.8. The third kappa shape index (κ3) is 6.29. The van der Waals surface area contributed by atoms with Gasteiger partial charge in [0.2, 0.25) is 0 Å². The van der Waals surface area contributed by atoms with Gasteiger partial charge in [-0.1, -0.05) is 80.1 Å². The maximum absolute atomic E-state index is 6.97. The number of rotatable bonds is 5. The van der Waals surface area contributed by atoms with E-state index in [0.29, 0.717) is 16.6 Å². The summed E-state index contributed by atoms with van der Waals surface area (Å²) in [4.78, 5) is 0. The second kappa shape index (κ2) is 10.6. The van der Waals surface area contributed by atoms with E-state index in [0.717, 1.165) is 0 Å². The molecule has 1 aliphatic carbocycles. The average Bonchev–Trinajstić information content (AvgIpc) is 2.45. The molecule has 0 aromatic heterocycles. The molecule has 0 aromatic carbocycles. The fourth-order valence-corrected chi connectivity index (χ4v) is 9.89. The average molecular weight is 339 g/mol. The van der Waals surface area contributed by atoms with Crippen LogP contribution >= 0.6 is 0 Å². The molecule has 0 saturated heterocycles. The highest BCUT2D eigenvalue weighted by Crippen LogP contribution is 2.44. The summed E-state index contributed by atoms with van der Waals surface area (Å²) in [6, 6.07) is 0. The lowest BCUT2D eigenvalue weighted by atomic mass is 10.0. The predicted octanol–water partition coefficient (Wildman–Crippen LogP) is 7.98. The summed E-state index contributed by atoms with van der Waals surface area (Å²) >= 11 is 0. The molecule has 0 heterocycles. The Kier molecular flexibility index (Phi) is 9.57. The van der Waals surface area contributed by atoms with E-state index in [4.69, 9.17) is 4.43 Å². The van der Waals surface area contributed by atoms with Gasteiger partial charge in [0.1, 0.15) is 0 Å². The summed E-state index contributed by atoms with van der Waals surface area (Å²) in [5.74, 6) is 1.34. The predicted molar refractivity (Wildman–Crippen MR) is 106 cm³/mol. The van der Waals surface area contributed by atoms with Crippen LogP contribution in [-0.4, -0.2) is 8.32 Å². The molecule has 23 heavy (non-hydrogen) atoms. The van der Waals surface area contributed by atoms with Crippen LogP contribution in [0.3, 0.4) is 0 Å². The Hall–Kier alpha value is -0.243. The number of allylic oxidation sites excluding steroid dienone is 2. The van der Waals surface area contributed by atoms with Crippen molar-refractivity contribution in [1.82, 2.24) is 0 Å². The summed E-state index contributed by atoms with van der Waals surface area (Å²) in [5.41, 5.74) is 2.01. The molecular formula is C21H42OSi. The monoisotopic (exact) mass is 338 g/mol. The lowest BCUT2D eigenvalue weighted by molar-refractivity contribution is 0.346. The summed E-state index contributed by atoms with van der Waals surface area (Å²) in [6.07, 6.45) is 16.0. The first-order chi connectivity index (χ1) is 10.9. The summed E-state index contributed by atoms with van der Waals surface area (Å²) < 4.78 is 6.97. The molecule has 1 aliphatic rings. The van der Waals surface area contributed by atoms with Gasteiger partial charge < -0.3 is 4.43 Å². The maximum Gasteiger partial charge on any atom is 0.258 e. The molecule has 0 saturated carbocycles. The van der Waals surface area contributed by atoms with E-state index in [-0.39, 0.29) is 0 Å². The maximum atomic E-state index is 6.97. The molecular weight excluding hydrogens is 296 g/mol. The van der Waals surface area contributed by atoms with Crippen LogP contribution in [0.4, 0.5) is 0 Å². The van der Waals surface area contributed by atoms with Crippen molar-refractivity contribution in [2.24, 2.45) is 0 Å². The van der Waals surface area contributed by atoms with Crippen molar-refractivity contribution in [3.8, 4) is 0 Å². The van der Waals surface area contributed by atoms with Crippen LogP contribution in [0, 0.1) is 0 Å². The molecule has 0 amide bonds. The Balaban J connectivity index is 2.87. The molecule has 0 aliphatic heterocycles. The van der Waals surface area contributed by atoms with Crippen LogP contribution in [0.1, 0.15) is 106 Å². The minimum atomic E-state index is -1.77. The van der Waals surface area contributed by atoms with Crippen molar-refractivity contribution >= 4 is 8.32 Å². The molecule has 0 radical (unpaired) electrons. The quantitative estimate of drug-likeness (QED) is 0.462. The van der Waals surface area contributed by atoms with Gasteiger partial charge in [0.05, 0.1) is 5.76 Å². The Bertz CT molecular complexity index is 322. The molecule has 0 fully saturated rings. The molecule has 0 aromatic rings. The lowest BCUT2D eigenvalue weighted by Crippen LogP contribution is -2.47. The SMILES string of the molecule is CC(C)[Si](O/C1=C/CCCCCCCCCC1)(C(C)C)C(C)C. The number of hydrogen-bond acceptors (Lipinski definition) is 1. The lowest BCUT2D eigenvalue weighted by Gasteiger charge is -2.43. The third-order valence-electron chi connectivity index (χ3n) is 5.76. The van der Waals surface area contributed by atoms with Crippen molar-refractivity contribution < 1.29 is 4.43 Å². The fourth-order valence-electron chi connectivity index (χ4n) is 4.54. The van der Waals surface area contributed by atoms with Crippen LogP contribution in [0.25, 0.3) is 0 Å². The van der Waals surface area contributed by atoms with Crippen molar-refractivity contribution in [2.75, 3.05) is 0 Å². The van der Waals surface area contributed by atoms with E-state index in [9.17, 15) is 0 Å². The largest absolute Gasteiger partial charge is 0.546 e. The van der Waals surface area contributed by atoms with Crippen LogP contribution in [0.15, 0.2) is 11.8 Å². The van der Waals surface area contributed by atoms with Crippen LogP contribution in [0.2, 0.25) is 16.6 Å². The summed E-state index contributed by atoms with van der Waals surface area (Å²) in [5, 5.41) is 0. The van der Waals surface area contributed by atoms with E-state index in [2.05, 4.69) is 47.6 Å². The van der Waals surface area contributed by atoms with E-state index in [1.54, 1.807) is 0 Å². The molecule has 1 rings (SSSR count). The van der Waals surface area contributed by atoms with Crippen molar-refractivity contribution in [1.29, 1.82) is 0 Å². The van der Waals surface area contributed by atoms with E-state index < -0.39 is 8.32 Å². The second-order valence-electron chi connectivity index (χ2n) is 8.46. The highest BCUT2D eigenvalue weighted by Gasteiger charge is 2.47. The van der Waals surface area contributed by atoms with Gasteiger partial charge in [-0.25, -0.2) is 0 Å². The first-order valence-electron chi connectivity index (χ1n) is 10.3. The van der Waals surface area contributed by atoms with Crippen LogP contribution in [-0.2, 0) is 4.43 Å². The zero-order chi connectivity index (χ0) is 17.3. The molecule has 0 bridgehead atoms. The van der Waals surface area contributed by atoms with Crippen LogP contribution in [0.5, 0.6) is 0 Å². The third-order valence-corrected chi connectivity index (χ3v) is 11.8. The van der Waals surface area contributed by atoms with Gasteiger partial charge in [0, 0.05) is 6.42 Å². The van der Waals surface area contributed by atoms with E-state index >= 15 is 0 Å². The minimum absolute atomic E-state index is 0.671. The summed E-state index contributed by atoms with van der Waals surface area (Å²) in [7, 11) is -1.77. The van der Waals surface area contributed by atoms with E-state index in [1.165, 1.54) is 70.0 Å². The second-order valence-corrected chi connectivity index (χ2v) is 13.8. The molecule has 2 heteroatoms. The highest BCUT2D eigenvalue weighted by atomic mass is 28.4. The smallest absolute Gasteiger partial charge is 0.258 e. The highest BCUT2D eigenvalue weighted by molar-refractivity contribution is 6.77. The standard InChI is InChI=1S/C21H42OSi/c1-18(2)23(19(3)4,20(5)6)22-21-16-14-12-10-8-7-9-11-13-15-17-21/h16,18-20H,7-15,17H2,1-6H3/b21-16+. The van der Waals surface area contributed by atoms with Gasteiger partial charge in [-0.15, -0.1) is 0 Å². The Morgan fingerprint density at radius 2 is 1.13 bits per heavy atom. The van der Waals surface area contributed by atoms with E-state index in [1.807, 2.05) is 0 Å². The molecule has 0 atom stereocenters. The van der Waals surface area contributed by atoms with Crippen molar-refractivity contribution in [2.45, 2.75) is 122 Å². The topological polar surface area (TPSA) is 9.23 Å². The zero-order valence-electron chi connectivity index (χ0n) is 16.8. The molecule has 0 N–H and O–H groups in total. The van der Waals surface area contributed by atoms with Gasteiger partial charge in [-0.2, -0.15) is 0 Å². The normalized spacial score (nSPS) is 21.7. The molecule has 0 spiro atoms. The Labute approximate surface area is 147 Å². The van der Waals surface area contributed by atoms with Crippen LogP contribution < -0.4 is 0 Å². The fraction of sp³-hybridized carbons (Fsp3) is 0.905. The van der Waals surface area contributed by atoms with Gasteiger partial charge in [0.25, 0.3) is 8.32 Å². The van der Waals surface area contributed by atoms with Crippen molar-refractivity contribution in [3.63, 3.8) is 0 Å². The van der Waals surface area contributed by atoms with Gasteiger partial charge in [-0.3, -0.25) is 0 Å². The first-order valence-corrected chi connectivity index (χ1v) is 12.4. The van der Waals surface area contributed by atoms with Gasteiger partial charge in [-0.05, 0) is 42.0 Å².